The molecule has 29 heavy (non-hydrogen) atoms. The van der Waals surface area contributed by atoms with Crippen molar-refractivity contribution in [1.82, 2.24) is 19.7 Å². The van der Waals surface area contributed by atoms with E-state index in [1.54, 1.807) is 23.0 Å². The summed E-state index contributed by atoms with van der Waals surface area (Å²) in [4.78, 5) is 19.6. The molecule has 2 aliphatic rings. The smallest absolute Gasteiger partial charge is 0.256 e. The lowest BCUT2D eigenvalue weighted by Gasteiger charge is -2.19. The van der Waals surface area contributed by atoms with Crippen molar-refractivity contribution < 1.29 is 13.9 Å². The number of aryl methyl sites for hydroxylation is 1. The van der Waals surface area contributed by atoms with E-state index in [0.29, 0.717) is 31.2 Å². The number of hydrogen-bond donors (Lipinski definition) is 0. The van der Waals surface area contributed by atoms with Gasteiger partial charge in [0, 0.05) is 55.2 Å². The third-order valence-corrected chi connectivity index (χ3v) is 5.61. The Hall–Kier alpha value is -3.06. The van der Waals surface area contributed by atoms with Crippen LogP contribution in [0.4, 0.5) is 4.39 Å². The fraction of sp³-hybridized carbons (Fsp3) is 0.318. The van der Waals surface area contributed by atoms with Crippen LogP contribution in [0.1, 0.15) is 22.5 Å². The quantitative estimate of drug-likeness (QED) is 0.684. The number of rotatable bonds is 4. The summed E-state index contributed by atoms with van der Waals surface area (Å²) >= 11 is 0. The summed E-state index contributed by atoms with van der Waals surface area (Å²) in [6.07, 6.45) is 4.62. The molecule has 1 saturated heterocycles. The van der Waals surface area contributed by atoms with Gasteiger partial charge in [0.15, 0.2) is 0 Å². The van der Waals surface area contributed by atoms with Crippen LogP contribution in [-0.2, 0) is 18.3 Å². The fourth-order valence-corrected chi connectivity index (χ4v) is 4.19. The molecule has 0 N–H and O–H groups in total. The zero-order valence-corrected chi connectivity index (χ0v) is 16.1. The second kappa shape index (κ2) is 7.08. The molecule has 1 atom stereocenters. The maximum absolute atomic E-state index is 13.4. The van der Waals surface area contributed by atoms with Gasteiger partial charge in [-0.2, -0.15) is 5.10 Å². The molecule has 0 aliphatic carbocycles. The normalized spacial score (nSPS) is 18.5. The molecule has 0 spiro atoms. The number of ether oxygens (including phenoxy) is 1. The minimum atomic E-state index is -0.294. The lowest BCUT2D eigenvalue weighted by atomic mass is 9.97. The molecule has 3 aromatic rings. The predicted molar refractivity (Wildman–Crippen MR) is 105 cm³/mol. The van der Waals surface area contributed by atoms with E-state index >= 15 is 0 Å². The molecule has 0 bridgehead atoms. The number of benzene rings is 1. The van der Waals surface area contributed by atoms with E-state index in [0.717, 1.165) is 41.1 Å². The van der Waals surface area contributed by atoms with Crippen LogP contribution in [0.5, 0.6) is 0 Å². The van der Waals surface area contributed by atoms with Crippen molar-refractivity contribution in [2.45, 2.75) is 13.0 Å². The predicted octanol–water partition coefficient (Wildman–Crippen LogP) is 3.28. The van der Waals surface area contributed by atoms with Gasteiger partial charge in [-0.05, 0) is 36.8 Å². The number of halogens is 1. The van der Waals surface area contributed by atoms with Crippen LogP contribution in [0, 0.1) is 11.7 Å². The van der Waals surface area contributed by atoms with Crippen LogP contribution < -0.4 is 0 Å². The molecule has 5 rings (SSSR count). The Morgan fingerprint density at radius 1 is 1.21 bits per heavy atom. The number of carbonyl (C=O) groups excluding carboxylic acids is 1. The van der Waals surface area contributed by atoms with Gasteiger partial charge in [0.1, 0.15) is 11.5 Å². The Kier molecular flexibility index (Phi) is 4.39. The molecule has 148 valence electrons. The Morgan fingerprint density at radius 3 is 2.79 bits per heavy atom. The minimum absolute atomic E-state index is 0.00362. The maximum Gasteiger partial charge on any atom is 0.256 e. The number of aromatic nitrogens is 3. The van der Waals surface area contributed by atoms with Gasteiger partial charge < -0.3 is 9.64 Å². The highest BCUT2D eigenvalue weighted by atomic mass is 19.1. The molecule has 0 saturated carbocycles. The van der Waals surface area contributed by atoms with Crippen molar-refractivity contribution in [3.05, 3.63) is 59.8 Å². The average molecular weight is 392 g/mol. The van der Waals surface area contributed by atoms with Crippen LogP contribution in [-0.4, -0.2) is 45.3 Å². The van der Waals surface area contributed by atoms with Gasteiger partial charge in [0.05, 0.1) is 24.4 Å². The lowest BCUT2D eigenvalue weighted by Crippen LogP contribution is -2.30. The molecule has 1 unspecified atom stereocenters. The Morgan fingerprint density at radius 2 is 2.03 bits per heavy atom. The van der Waals surface area contributed by atoms with Crippen molar-refractivity contribution in [2.75, 3.05) is 19.8 Å². The van der Waals surface area contributed by atoms with E-state index < -0.39 is 0 Å². The number of carbonyl (C=O) groups is 1. The summed E-state index contributed by atoms with van der Waals surface area (Å²) in [5.74, 6) is 0.0894. The van der Waals surface area contributed by atoms with Crippen molar-refractivity contribution in [3.8, 4) is 22.4 Å². The third-order valence-electron chi connectivity index (χ3n) is 5.61. The number of hydrogen-bond acceptors (Lipinski definition) is 4. The Bertz CT molecular complexity index is 1070. The third kappa shape index (κ3) is 3.21. The van der Waals surface area contributed by atoms with Crippen LogP contribution in [0.3, 0.4) is 0 Å². The zero-order valence-electron chi connectivity index (χ0n) is 16.1. The van der Waals surface area contributed by atoms with Gasteiger partial charge in [0.25, 0.3) is 5.91 Å². The molecule has 1 amide bonds. The lowest BCUT2D eigenvalue weighted by molar-refractivity contribution is 0.0744. The number of amides is 1. The Balaban J connectivity index is 1.54. The van der Waals surface area contributed by atoms with Crippen molar-refractivity contribution in [3.63, 3.8) is 0 Å². The summed E-state index contributed by atoms with van der Waals surface area (Å²) in [5.41, 5.74) is 4.62. The van der Waals surface area contributed by atoms with E-state index in [1.807, 2.05) is 24.2 Å². The summed E-state index contributed by atoms with van der Waals surface area (Å²) in [7, 11) is 1.84. The topological polar surface area (TPSA) is 60.2 Å². The Labute approximate surface area is 167 Å². The van der Waals surface area contributed by atoms with E-state index in [1.165, 1.54) is 12.1 Å². The second-order valence-electron chi connectivity index (χ2n) is 7.67. The van der Waals surface area contributed by atoms with Gasteiger partial charge in [0.2, 0.25) is 0 Å². The molecule has 0 radical (unpaired) electrons. The van der Waals surface area contributed by atoms with E-state index in [2.05, 4.69) is 10.1 Å². The number of pyridine rings is 1. The summed E-state index contributed by atoms with van der Waals surface area (Å²) in [5, 5.41) is 4.57. The van der Waals surface area contributed by atoms with Crippen LogP contribution in [0.2, 0.25) is 0 Å². The van der Waals surface area contributed by atoms with E-state index in [4.69, 9.17) is 4.74 Å². The highest BCUT2D eigenvalue weighted by Crippen LogP contribution is 2.37. The zero-order chi connectivity index (χ0) is 20.0. The summed E-state index contributed by atoms with van der Waals surface area (Å²) < 4.78 is 20.6. The van der Waals surface area contributed by atoms with Crippen LogP contribution >= 0.6 is 0 Å². The molecular formula is C22H21FN4O2. The average Bonchev–Trinajstić information content (AvgIpc) is 3.43. The molecule has 6 nitrogen and oxygen atoms in total. The monoisotopic (exact) mass is 392 g/mol. The molecule has 4 heterocycles. The minimum Gasteiger partial charge on any atom is -0.381 e. The van der Waals surface area contributed by atoms with Gasteiger partial charge in [-0.1, -0.05) is 0 Å². The van der Waals surface area contributed by atoms with E-state index in [-0.39, 0.29) is 11.7 Å². The number of nitrogens with zero attached hydrogens (tertiary/aromatic N) is 4. The first-order chi connectivity index (χ1) is 14.1. The SMILES string of the molecule is Cn1cc(-c2ccnc3c2C(=O)N(CC2CCOC2)C3)c(-c2ccc(F)cc2)n1. The van der Waals surface area contributed by atoms with Crippen LogP contribution in [0.25, 0.3) is 22.4 Å². The second-order valence-corrected chi connectivity index (χ2v) is 7.67. The highest BCUT2D eigenvalue weighted by molar-refractivity contribution is 6.05. The van der Waals surface area contributed by atoms with Crippen molar-refractivity contribution >= 4 is 5.91 Å². The van der Waals surface area contributed by atoms with Crippen molar-refractivity contribution in [2.24, 2.45) is 13.0 Å². The van der Waals surface area contributed by atoms with E-state index in [9.17, 15) is 9.18 Å². The number of fused-ring (bicyclic) bond motifs is 1. The molecule has 7 heteroatoms. The molecule has 2 aliphatic heterocycles. The molecule has 1 aromatic carbocycles. The van der Waals surface area contributed by atoms with Crippen LogP contribution in [0.15, 0.2) is 42.7 Å². The van der Waals surface area contributed by atoms with Gasteiger partial charge >= 0.3 is 0 Å². The molecule has 2 aromatic heterocycles. The highest BCUT2D eigenvalue weighted by Gasteiger charge is 2.34. The molecular weight excluding hydrogens is 371 g/mol. The van der Waals surface area contributed by atoms with Gasteiger partial charge in [-0.25, -0.2) is 4.39 Å². The summed E-state index contributed by atoms with van der Waals surface area (Å²) in [6.45, 7) is 2.68. The van der Waals surface area contributed by atoms with Crippen molar-refractivity contribution in [1.29, 1.82) is 0 Å². The largest absolute Gasteiger partial charge is 0.381 e. The van der Waals surface area contributed by atoms with Gasteiger partial charge in [-0.15, -0.1) is 0 Å². The standard InChI is InChI=1S/C22H21FN4O2/c1-26-11-18(21(25-26)15-2-4-16(23)5-3-15)17-6-8-24-19-12-27(22(28)20(17)19)10-14-7-9-29-13-14/h2-6,8,11,14H,7,9-10,12-13H2,1H3. The first-order valence-electron chi connectivity index (χ1n) is 9.75. The fourth-order valence-electron chi connectivity index (χ4n) is 4.19. The first kappa shape index (κ1) is 18.0. The summed E-state index contributed by atoms with van der Waals surface area (Å²) in [6, 6.07) is 8.11. The first-order valence-corrected chi connectivity index (χ1v) is 9.75. The molecule has 1 fully saturated rings. The van der Waals surface area contributed by atoms with Gasteiger partial charge in [-0.3, -0.25) is 14.5 Å². The maximum atomic E-state index is 13.4.